The van der Waals surface area contributed by atoms with E-state index in [9.17, 15) is 18.0 Å². The fraction of sp³-hybridized carbons (Fsp3) is 0.289. The van der Waals surface area contributed by atoms with Crippen LogP contribution in [0.1, 0.15) is 36.8 Å². The molecule has 1 saturated heterocycles. The van der Waals surface area contributed by atoms with E-state index in [1.165, 1.54) is 18.3 Å². The number of alkyl halides is 1. The number of piperidine rings is 1. The molecule has 0 radical (unpaired) electrons. The van der Waals surface area contributed by atoms with Crippen LogP contribution >= 0.6 is 0 Å². The van der Waals surface area contributed by atoms with Crippen LogP contribution in [-0.2, 0) is 19.6 Å². The van der Waals surface area contributed by atoms with Crippen LogP contribution in [0.2, 0.25) is 0 Å². The van der Waals surface area contributed by atoms with Crippen LogP contribution in [-0.4, -0.2) is 80.3 Å². The topological polar surface area (TPSA) is 137 Å². The van der Waals surface area contributed by atoms with Crippen molar-refractivity contribution in [3.8, 4) is 11.1 Å². The minimum absolute atomic E-state index is 0.0396. The molecule has 7 rings (SSSR count). The number of nitrogens with zero attached hydrogens (tertiary/aromatic N) is 3. The summed E-state index contributed by atoms with van der Waals surface area (Å²) in [6, 6.07) is 24.7. The summed E-state index contributed by atoms with van der Waals surface area (Å²) in [6.45, 7) is 3.49. The van der Waals surface area contributed by atoms with Gasteiger partial charge in [-0.15, -0.1) is 0 Å². The minimum atomic E-state index is -4.48. The van der Waals surface area contributed by atoms with Crippen LogP contribution < -0.4 is 14.9 Å². The van der Waals surface area contributed by atoms with Gasteiger partial charge in [0.05, 0.1) is 22.8 Å². The number of aromatic nitrogens is 2. The van der Waals surface area contributed by atoms with Crippen LogP contribution in [0.25, 0.3) is 22.2 Å². The molecule has 1 fully saturated rings. The van der Waals surface area contributed by atoms with E-state index in [1.807, 2.05) is 60.4 Å². The number of fused-ring (bicyclic) bond motifs is 4. The molecule has 2 amide bonds. The highest BCUT2D eigenvalue weighted by atomic mass is 32.2. The van der Waals surface area contributed by atoms with Crippen LogP contribution in [0, 0.1) is 0 Å². The number of amides is 2. The fourth-order valence-electron chi connectivity index (χ4n) is 7.02. The fourth-order valence-corrected chi connectivity index (χ4v) is 8.49. The molecule has 0 spiro atoms. The second kappa shape index (κ2) is 14.5. The Morgan fingerprint density at radius 3 is 2.37 bits per heavy atom. The molecule has 1 aliphatic carbocycles. The molecule has 5 aromatic rings. The highest BCUT2D eigenvalue weighted by Gasteiger charge is 2.36. The maximum Gasteiger partial charge on any atom is 0.407 e. The lowest BCUT2D eigenvalue weighted by molar-refractivity contribution is -0.117. The highest BCUT2D eigenvalue weighted by Crippen LogP contribution is 2.44. The molecular formula is C38H39FN6O5S. The minimum Gasteiger partial charge on any atom is -0.449 e. The number of anilines is 2. The van der Waals surface area contributed by atoms with Crippen molar-refractivity contribution in [3.05, 3.63) is 108 Å². The first-order valence-corrected chi connectivity index (χ1v) is 18.5. The van der Waals surface area contributed by atoms with E-state index >= 15 is 4.39 Å². The lowest BCUT2D eigenvalue weighted by Crippen LogP contribution is -2.48. The Balaban J connectivity index is 1.11. The maximum atomic E-state index is 15.5. The van der Waals surface area contributed by atoms with Crippen molar-refractivity contribution < 1.29 is 27.1 Å². The van der Waals surface area contributed by atoms with Crippen molar-refractivity contribution in [2.75, 3.05) is 42.4 Å². The Bertz CT molecular complexity index is 2120. The van der Waals surface area contributed by atoms with E-state index in [-0.39, 0.29) is 48.3 Å². The molecule has 2 atom stereocenters. The molecule has 11 nitrogen and oxygen atoms in total. The molecule has 0 bridgehead atoms. The van der Waals surface area contributed by atoms with Crippen molar-refractivity contribution in [2.24, 2.45) is 0 Å². The van der Waals surface area contributed by atoms with E-state index in [4.69, 9.17) is 4.74 Å². The predicted molar refractivity (Wildman–Crippen MR) is 194 cm³/mol. The average molecular weight is 711 g/mol. The summed E-state index contributed by atoms with van der Waals surface area (Å²) >= 11 is 0. The number of carbonyl (C=O) groups is 2. The van der Waals surface area contributed by atoms with Crippen LogP contribution in [0.15, 0.2) is 102 Å². The third-order valence-corrected chi connectivity index (χ3v) is 11.4. The quantitative estimate of drug-likeness (QED) is 0.151. The van der Waals surface area contributed by atoms with Gasteiger partial charge < -0.3 is 25.3 Å². The number of ether oxygens (including phenoxy) is 1. The van der Waals surface area contributed by atoms with Gasteiger partial charge in [-0.1, -0.05) is 73.7 Å². The molecular weight excluding hydrogens is 672 g/mol. The first kappa shape index (κ1) is 34.2. The van der Waals surface area contributed by atoms with Gasteiger partial charge in [-0.05, 0) is 53.4 Å². The molecule has 2 aliphatic rings. The molecule has 0 saturated carbocycles. The summed E-state index contributed by atoms with van der Waals surface area (Å²) in [6.07, 6.45) is 1.09. The maximum absolute atomic E-state index is 15.5. The van der Waals surface area contributed by atoms with Crippen molar-refractivity contribution in [2.45, 2.75) is 42.8 Å². The summed E-state index contributed by atoms with van der Waals surface area (Å²) in [4.78, 5) is 36.3. The number of rotatable bonds is 11. The largest absolute Gasteiger partial charge is 0.449 e. The standard InChI is InChI=1S/C38H39FN6O5S/c1-2-44-21-18-33(32(39)23-44)43-36-30-16-19-40-37(30)42-22-34(36)45(51(48,49)25-10-4-3-5-11-25)35(46)17-20-41-38(47)50-24-31-28-14-8-6-12-26(28)27-13-7-9-15-29(27)31/h3-16,19,22,31-33H,2,17-18,20-21,23-24H2,1H3,(H,41,47)(H2,40,42,43)/t32-,33+/m0/s1. The predicted octanol–water partition coefficient (Wildman–Crippen LogP) is 6.06. The summed E-state index contributed by atoms with van der Waals surface area (Å²) < 4.78 is 50.3. The van der Waals surface area contributed by atoms with Gasteiger partial charge in [0.1, 0.15) is 24.1 Å². The highest BCUT2D eigenvalue weighted by molar-refractivity contribution is 7.93. The van der Waals surface area contributed by atoms with Crippen molar-refractivity contribution in [1.82, 2.24) is 20.2 Å². The number of alkyl carbamates (subject to hydrolysis) is 1. The van der Waals surface area contributed by atoms with Crippen LogP contribution in [0.3, 0.4) is 0 Å². The Kier molecular flexibility index (Phi) is 9.74. The number of H-pyrrole nitrogens is 1. The Hall–Kier alpha value is -5.27. The van der Waals surface area contributed by atoms with Crippen molar-refractivity contribution >= 4 is 44.4 Å². The molecule has 13 heteroatoms. The third-order valence-electron chi connectivity index (χ3n) is 9.65. The number of likely N-dealkylation sites (tertiary alicyclic amines) is 1. The first-order chi connectivity index (χ1) is 24.8. The summed E-state index contributed by atoms with van der Waals surface area (Å²) in [5.41, 5.74) is 5.01. The van der Waals surface area contributed by atoms with Crippen LogP contribution in [0.4, 0.5) is 20.6 Å². The summed E-state index contributed by atoms with van der Waals surface area (Å²) in [5, 5.41) is 6.37. The number of halogens is 1. The number of nitrogens with one attached hydrogen (secondary N) is 3. The van der Waals surface area contributed by atoms with Gasteiger partial charge in [0.15, 0.2) is 0 Å². The van der Waals surface area contributed by atoms with E-state index < -0.39 is 34.2 Å². The molecule has 3 aromatic carbocycles. The second-order valence-corrected chi connectivity index (χ2v) is 14.5. The Labute approximate surface area is 295 Å². The van der Waals surface area contributed by atoms with Crippen molar-refractivity contribution in [1.29, 1.82) is 0 Å². The molecule has 264 valence electrons. The number of sulfonamides is 1. The van der Waals surface area contributed by atoms with E-state index in [2.05, 4.69) is 20.6 Å². The zero-order chi connectivity index (χ0) is 35.5. The monoisotopic (exact) mass is 710 g/mol. The zero-order valence-electron chi connectivity index (χ0n) is 28.1. The zero-order valence-corrected chi connectivity index (χ0v) is 28.9. The van der Waals surface area contributed by atoms with Crippen molar-refractivity contribution in [3.63, 3.8) is 0 Å². The number of benzene rings is 3. The smallest absolute Gasteiger partial charge is 0.407 e. The number of hydrogen-bond acceptors (Lipinski definition) is 8. The summed E-state index contributed by atoms with van der Waals surface area (Å²) in [5.74, 6) is -0.952. The van der Waals surface area contributed by atoms with Gasteiger partial charge in [-0.25, -0.2) is 22.6 Å². The molecule has 1 aliphatic heterocycles. The number of pyridine rings is 1. The molecule has 0 unspecified atom stereocenters. The number of aromatic amines is 1. The second-order valence-electron chi connectivity index (χ2n) is 12.7. The lowest BCUT2D eigenvalue weighted by atomic mass is 9.98. The lowest BCUT2D eigenvalue weighted by Gasteiger charge is -2.36. The average Bonchev–Trinajstić information content (AvgIpc) is 3.76. The third kappa shape index (κ3) is 6.78. The van der Waals surface area contributed by atoms with Gasteiger partial charge in [0, 0.05) is 43.6 Å². The van der Waals surface area contributed by atoms with E-state index in [0.29, 0.717) is 28.3 Å². The van der Waals surface area contributed by atoms with Gasteiger partial charge in [-0.3, -0.25) is 4.79 Å². The van der Waals surface area contributed by atoms with Gasteiger partial charge in [0.2, 0.25) is 5.91 Å². The SMILES string of the molecule is CCN1CC[C@@H](Nc2c(N(C(=O)CCNC(=O)OCC3c4ccccc4-c4ccccc43)S(=O)(=O)c3ccccc3)cnc3[nH]ccc23)[C@@H](F)C1. The molecule has 51 heavy (non-hydrogen) atoms. The van der Waals surface area contributed by atoms with E-state index in [1.54, 1.807) is 30.5 Å². The van der Waals surface area contributed by atoms with Crippen LogP contribution in [0.5, 0.6) is 0 Å². The number of hydrogen-bond donors (Lipinski definition) is 3. The van der Waals surface area contributed by atoms with E-state index in [0.717, 1.165) is 28.8 Å². The number of carbonyl (C=O) groups excluding carboxylic acids is 2. The Morgan fingerprint density at radius 1 is 1.00 bits per heavy atom. The normalized spacial score (nSPS) is 17.5. The molecule has 3 heterocycles. The van der Waals surface area contributed by atoms with Gasteiger partial charge in [-0.2, -0.15) is 4.31 Å². The molecule has 2 aromatic heterocycles. The molecule has 3 N–H and O–H groups in total. The summed E-state index contributed by atoms with van der Waals surface area (Å²) in [7, 11) is -4.48. The Morgan fingerprint density at radius 2 is 1.69 bits per heavy atom. The first-order valence-electron chi connectivity index (χ1n) is 17.1. The van der Waals surface area contributed by atoms with Gasteiger partial charge >= 0.3 is 6.09 Å². The van der Waals surface area contributed by atoms with Gasteiger partial charge in [0.25, 0.3) is 10.0 Å².